The zero-order valence-corrected chi connectivity index (χ0v) is 13.4. The standard InChI is InChI=1S/C19H19N3O2/c20-10-9-18(23)21-11-4-12-22(14-13-21)19(24)17-8-3-6-15-5-1-2-7-16(15)17/h1-3,5-8H,4,9,11-14H2. The van der Waals surface area contributed by atoms with Crippen molar-refractivity contribution in [1.82, 2.24) is 9.80 Å². The number of hydrogen-bond acceptors (Lipinski definition) is 3. The van der Waals surface area contributed by atoms with Crippen LogP contribution in [0.3, 0.4) is 0 Å². The fourth-order valence-electron chi connectivity index (χ4n) is 3.13. The van der Waals surface area contributed by atoms with Crippen molar-refractivity contribution < 1.29 is 9.59 Å². The van der Waals surface area contributed by atoms with Crippen LogP contribution in [-0.2, 0) is 4.79 Å². The molecule has 2 aromatic rings. The molecule has 2 amide bonds. The second-order valence-electron chi connectivity index (χ2n) is 5.89. The number of hydrogen-bond donors (Lipinski definition) is 0. The molecule has 24 heavy (non-hydrogen) atoms. The van der Waals surface area contributed by atoms with E-state index in [0.29, 0.717) is 31.7 Å². The number of nitrogens with zero attached hydrogens (tertiary/aromatic N) is 3. The minimum atomic E-state index is -0.156. The van der Waals surface area contributed by atoms with Crippen LogP contribution in [0.15, 0.2) is 42.5 Å². The van der Waals surface area contributed by atoms with E-state index in [4.69, 9.17) is 5.26 Å². The van der Waals surface area contributed by atoms with Gasteiger partial charge in [-0.2, -0.15) is 5.26 Å². The predicted octanol–water partition coefficient (Wildman–Crippen LogP) is 2.43. The van der Waals surface area contributed by atoms with Crippen molar-refractivity contribution in [3.05, 3.63) is 48.0 Å². The fourth-order valence-corrected chi connectivity index (χ4v) is 3.13. The number of carbonyl (C=O) groups excluding carboxylic acids is 2. The Morgan fingerprint density at radius 1 is 0.958 bits per heavy atom. The van der Waals surface area contributed by atoms with Crippen LogP contribution in [0.1, 0.15) is 23.2 Å². The van der Waals surface area contributed by atoms with Crippen LogP contribution < -0.4 is 0 Å². The molecule has 1 saturated heterocycles. The van der Waals surface area contributed by atoms with E-state index < -0.39 is 0 Å². The van der Waals surface area contributed by atoms with Gasteiger partial charge in [0.2, 0.25) is 5.91 Å². The first-order valence-corrected chi connectivity index (χ1v) is 8.12. The average molecular weight is 321 g/mol. The number of carbonyl (C=O) groups is 2. The highest BCUT2D eigenvalue weighted by atomic mass is 16.2. The van der Waals surface area contributed by atoms with Crippen LogP contribution >= 0.6 is 0 Å². The molecule has 0 bridgehead atoms. The molecule has 5 heteroatoms. The van der Waals surface area contributed by atoms with Crippen LogP contribution in [-0.4, -0.2) is 47.8 Å². The normalized spacial score (nSPS) is 15.0. The van der Waals surface area contributed by atoms with Gasteiger partial charge in [0.15, 0.2) is 0 Å². The maximum atomic E-state index is 12.9. The molecule has 0 saturated carbocycles. The SMILES string of the molecule is N#CCC(=O)N1CCCN(C(=O)c2cccc3ccccc23)CC1. The van der Waals surface area contributed by atoms with Gasteiger partial charge < -0.3 is 9.80 Å². The van der Waals surface area contributed by atoms with Crippen LogP contribution in [0, 0.1) is 11.3 Å². The van der Waals surface area contributed by atoms with E-state index in [9.17, 15) is 9.59 Å². The Morgan fingerprint density at radius 2 is 1.67 bits per heavy atom. The monoisotopic (exact) mass is 321 g/mol. The van der Waals surface area contributed by atoms with E-state index in [1.807, 2.05) is 48.5 Å². The van der Waals surface area contributed by atoms with Crippen molar-refractivity contribution in [2.75, 3.05) is 26.2 Å². The smallest absolute Gasteiger partial charge is 0.254 e. The van der Waals surface area contributed by atoms with Gasteiger partial charge in [0.25, 0.3) is 5.91 Å². The Bertz CT molecular complexity index is 804. The first-order chi connectivity index (χ1) is 11.7. The Hall–Kier alpha value is -2.87. The Balaban J connectivity index is 1.78. The first kappa shape index (κ1) is 16.0. The van der Waals surface area contributed by atoms with Crippen LogP contribution in [0.5, 0.6) is 0 Å². The maximum Gasteiger partial charge on any atom is 0.254 e. The second-order valence-corrected chi connectivity index (χ2v) is 5.89. The minimum absolute atomic E-state index is 0.00128. The quantitative estimate of drug-likeness (QED) is 0.853. The van der Waals surface area contributed by atoms with E-state index in [2.05, 4.69) is 0 Å². The summed E-state index contributed by atoms with van der Waals surface area (Å²) in [6, 6.07) is 15.5. The molecular formula is C19H19N3O2. The molecule has 0 unspecified atom stereocenters. The van der Waals surface area contributed by atoms with Gasteiger partial charge in [0.05, 0.1) is 6.07 Å². The number of fused-ring (bicyclic) bond motifs is 1. The third-order valence-corrected chi connectivity index (χ3v) is 4.39. The first-order valence-electron chi connectivity index (χ1n) is 8.12. The summed E-state index contributed by atoms with van der Waals surface area (Å²) < 4.78 is 0. The molecule has 0 aromatic heterocycles. The lowest BCUT2D eigenvalue weighted by molar-refractivity contribution is -0.130. The van der Waals surface area contributed by atoms with Gasteiger partial charge >= 0.3 is 0 Å². The van der Waals surface area contributed by atoms with Crippen LogP contribution in [0.4, 0.5) is 0 Å². The molecule has 3 rings (SSSR count). The third-order valence-electron chi connectivity index (χ3n) is 4.39. The van der Waals surface area contributed by atoms with Crippen LogP contribution in [0.25, 0.3) is 10.8 Å². The molecule has 0 N–H and O–H groups in total. The van der Waals surface area contributed by atoms with Crippen molar-refractivity contribution in [1.29, 1.82) is 5.26 Å². The van der Waals surface area contributed by atoms with E-state index in [0.717, 1.165) is 17.2 Å². The molecule has 122 valence electrons. The highest BCUT2D eigenvalue weighted by Gasteiger charge is 2.23. The molecule has 1 heterocycles. The average Bonchev–Trinajstić information content (AvgIpc) is 2.87. The highest BCUT2D eigenvalue weighted by Crippen LogP contribution is 2.20. The Labute approximate surface area is 141 Å². The number of benzene rings is 2. The lowest BCUT2D eigenvalue weighted by Gasteiger charge is -2.22. The van der Waals surface area contributed by atoms with E-state index >= 15 is 0 Å². The molecule has 5 nitrogen and oxygen atoms in total. The van der Waals surface area contributed by atoms with Gasteiger partial charge in [0.1, 0.15) is 6.42 Å². The second kappa shape index (κ2) is 7.14. The minimum Gasteiger partial charge on any atom is -0.340 e. The maximum absolute atomic E-state index is 12.9. The Kier molecular flexibility index (Phi) is 4.76. The van der Waals surface area contributed by atoms with Gasteiger partial charge in [-0.25, -0.2) is 0 Å². The third kappa shape index (κ3) is 3.23. The van der Waals surface area contributed by atoms with Gasteiger partial charge in [-0.15, -0.1) is 0 Å². The van der Waals surface area contributed by atoms with Crippen molar-refractivity contribution in [2.24, 2.45) is 0 Å². The molecule has 1 fully saturated rings. The summed E-state index contributed by atoms with van der Waals surface area (Å²) in [7, 11) is 0. The molecular weight excluding hydrogens is 302 g/mol. The molecule has 1 aliphatic heterocycles. The summed E-state index contributed by atoms with van der Waals surface area (Å²) in [5.41, 5.74) is 0.699. The summed E-state index contributed by atoms with van der Waals surface area (Å²) in [5.74, 6) is -0.154. The summed E-state index contributed by atoms with van der Waals surface area (Å²) in [4.78, 5) is 28.3. The van der Waals surface area contributed by atoms with Gasteiger partial charge in [-0.3, -0.25) is 9.59 Å². The van der Waals surface area contributed by atoms with Crippen molar-refractivity contribution in [2.45, 2.75) is 12.8 Å². The summed E-state index contributed by atoms with van der Waals surface area (Å²) in [5, 5.41) is 10.7. The number of nitriles is 1. The predicted molar refractivity (Wildman–Crippen MR) is 91.3 cm³/mol. The molecule has 0 radical (unpaired) electrons. The van der Waals surface area contributed by atoms with Gasteiger partial charge in [-0.1, -0.05) is 36.4 Å². The van der Waals surface area contributed by atoms with E-state index in [1.165, 1.54) is 0 Å². The summed E-state index contributed by atoms with van der Waals surface area (Å²) >= 11 is 0. The van der Waals surface area contributed by atoms with E-state index in [1.54, 1.807) is 9.80 Å². The highest BCUT2D eigenvalue weighted by molar-refractivity contribution is 6.07. The number of rotatable bonds is 2. The van der Waals surface area contributed by atoms with Crippen LogP contribution in [0.2, 0.25) is 0 Å². The molecule has 0 atom stereocenters. The molecule has 0 aliphatic carbocycles. The van der Waals surface area contributed by atoms with E-state index in [-0.39, 0.29) is 18.2 Å². The zero-order chi connectivity index (χ0) is 16.9. The molecule has 2 aromatic carbocycles. The Morgan fingerprint density at radius 3 is 2.50 bits per heavy atom. The van der Waals surface area contributed by atoms with Gasteiger partial charge in [0, 0.05) is 31.7 Å². The number of amides is 2. The van der Waals surface area contributed by atoms with Crippen molar-refractivity contribution in [3.63, 3.8) is 0 Å². The molecule has 1 aliphatic rings. The molecule has 0 spiro atoms. The largest absolute Gasteiger partial charge is 0.340 e. The zero-order valence-electron chi connectivity index (χ0n) is 13.4. The van der Waals surface area contributed by atoms with Crippen molar-refractivity contribution >= 4 is 22.6 Å². The lowest BCUT2D eigenvalue weighted by atomic mass is 10.0. The lowest BCUT2D eigenvalue weighted by Crippen LogP contribution is -2.37. The fraction of sp³-hybridized carbons (Fsp3) is 0.316. The van der Waals surface area contributed by atoms with Crippen molar-refractivity contribution in [3.8, 4) is 6.07 Å². The summed E-state index contributed by atoms with van der Waals surface area (Å²) in [6.45, 7) is 2.20. The van der Waals surface area contributed by atoms with Gasteiger partial charge in [-0.05, 0) is 23.3 Å². The summed E-state index contributed by atoms with van der Waals surface area (Å²) in [6.07, 6.45) is 0.630. The topological polar surface area (TPSA) is 64.4 Å².